The Hall–Kier alpha value is -2.71. The zero-order valence-corrected chi connectivity index (χ0v) is 11.5. The zero-order chi connectivity index (χ0) is 16.8. The SMILES string of the molecule is COc1c(F)cc2[nH]c(-c3cccc(F)n3)nc2c1C(F)(F)F. The average Bonchev–Trinajstić information content (AvgIpc) is 2.87. The summed E-state index contributed by atoms with van der Waals surface area (Å²) in [5.74, 6) is -3.06. The van der Waals surface area contributed by atoms with E-state index >= 15 is 0 Å². The summed E-state index contributed by atoms with van der Waals surface area (Å²) in [6, 6.07) is 4.60. The minimum absolute atomic E-state index is 0.00583. The number of aromatic amines is 1. The summed E-state index contributed by atoms with van der Waals surface area (Å²) in [5.41, 5.74) is -2.07. The smallest absolute Gasteiger partial charge is 0.422 e. The van der Waals surface area contributed by atoms with Crippen LogP contribution in [0, 0.1) is 11.8 Å². The highest BCUT2D eigenvalue weighted by Crippen LogP contribution is 2.42. The molecule has 0 fully saturated rings. The predicted molar refractivity (Wildman–Crippen MR) is 70.8 cm³/mol. The number of aromatic nitrogens is 3. The van der Waals surface area contributed by atoms with Crippen LogP contribution in [0.4, 0.5) is 22.0 Å². The van der Waals surface area contributed by atoms with E-state index < -0.39 is 34.8 Å². The van der Waals surface area contributed by atoms with Crippen molar-refractivity contribution in [1.29, 1.82) is 0 Å². The fourth-order valence-electron chi connectivity index (χ4n) is 2.22. The van der Waals surface area contributed by atoms with Crippen molar-refractivity contribution in [2.75, 3.05) is 7.11 Å². The molecule has 3 aromatic rings. The monoisotopic (exact) mass is 329 g/mol. The van der Waals surface area contributed by atoms with Crippen molar-refractivity contribution < 1.29 is 26.7 Å². The summed E-state index contributed by atoms with van der Waals surface area (Å²) in [5, 5.41) is 0. The van der Waals surface area contributed by atoms with Crippen molar-refractivity contribution in [2.45, 2.75) is 6.18 Å². The van der Waals surface area contributed by atoms with Crippen molar-refractivity contribution >= 4 is 11.0 Å². The van der Waals surface area contributed by atoms with Crippen molar-refractivity contribution in [3.8, 4) is 17.3 Å². The second-order valence-corrected chi connectivity index (χ2v) is 4.59. The topological polar surface area (TPSA) is 50.8 Å². The largest absolute Gasteiger partial charge is 0.493 e. The molecule has 23 heavy (non-hydrogen) atoms. The number of imidazole rings is 1. The molecular formula is C14H8F5N3O. The lowest BCUT2D eigenvalue weighted by atomic mass is 10.1. The van der Waals surface area contributed by atoms with Crippen LogP contribution >= 0.6 is 0 Å². The maximum atomic E-state index is 13.8. The third-order valence-electron chi connectivity index (χ3n) is 3.13. The van der Waals surface area contributed by atoms with Gasteiger partial charge in [0.2, 0.25) is 5.95 Å². The lowest BCUT2D eigenvalue weighted by molar-refractivity contribution is -0.137. The summed E-state index contributed by atoms with van der Waals surface area (Å²) in [4.78, 5) is 9.83. The lowest BCUT2D eigenvalue weighted by Gasteiger charge is -2.12. The van der Waals surface area contributed by atoms with Crippen LogP contribution < -0.4 is 4.74 Å². The first-order valence-corrected chi connectivity index (χ1v) is 6.27. The van der Waals surface area contributed by atoms with E-state index in [9.17, 15) is 22.0 Å². The number of pyridine rings is 1. The number of H-pyrrole nitrogens is 1. The minimum atomic E-state index is -4.88. The van der Waals surface area contributed by atoms with E-state index in [1.807, 2.05) is 0 Å². The maximum absolute atomic E-state index is 13.8. The number of methoxy groups -OCH3 is 1. The first kappa shape index (κ1) is 15.2. The van der Waals surface area contributed by atoms with Gasteiger partial charge in [0.1, 0.15) is 16.8 Å². The number of rotatable bonds is 2. The number of nitrogens with one attached hydrogen (secondary N) is 1. The molecule has 1 N–H and O–H groups in total. The Morgan fingerprint density at radius 3 is 2.48 bits per heavy atom. The fourth-order valence-corrected chi connectivity index (χ4v) is 2.22. The van der Waals surface area contributed by atoms with Crippen LogP contribution in [0.15, 0.2) is 24.3 Å². The summed E-state index contributed by atoms with van der Waals surface area (Å²) in [6.07, 6.45) is -4.88. The molecule has 0 aliphatic heterocycles. The molecule has 3 rings (SSSR count). The summed E-state index contributed by atoms with van der Waals surface area (Å²) in [7, 11) is 0.932. The quantitative estimate of drug-likeness (QED) is 0.572. The second kappa shape index (κ2) is 5.18. The number of halogens is 5. The number of benzene rings is 1. The highest BCUT2D eigenvalue weighted by atomic mass is 19.4. The first-order chi connectivity index (χ1) is 10.8. The maximum Gasteiger partial charge on any atom is 0.422 e. The molecule has 2 heterocycles. The van der Waals surface area contributed by atoms with E-state index in [4.69, 9.17) is 0 Å². The first-order valence-electron chi connectivity index (χ1n) is 6.27. The Morgan fingerprint density at radius 2 is 1.87 bits per heavy atom. The van der Waals surface area contributed by atoms with E-state index in [0.29, 0.717) is 0 Å². The van der Waals surface area contributed by atoms with E-state index in [-0.39, 0.29) is 17.0 Å². The normalized spacial score (nSPS) is 11.9. The molecule has 0 atom stereocenters. The van der Waals surface area contributed by atoms with Crippen molar-refractivity contribution in [3.05, 3.63) is 41.6 Å². The third kappa shape index (κ3) is 2.58. The van der Waals surface area contributed by atoms with Crippen molar-refractivity contribution in [1.82, 2.24) is 15.0 Å². The fraction of sp³-hybridized carbons (Fsp3) is 0.143. The Morgan fingerprint density at radius 1 is 1.13 bits per heavy atom. The van der Waals surface area contributed by atoms with Gasteiger partial charge in [-0.1, -0.05) is 6.07 Å². The zero-order valence-electron chi connectivity index (χ0n) is 11.5. The molecule has 1 aromatic carbocycles. The second-order valence-electron chi connectivity index (χ2n) is 4.59. The molecule has 0 bridgehead atoms. The van der Waals surface area contributed by atoms with Crippen LogP contribution in [-0.2, 0) is 6.18 Å². The third-order valence-corrected chi connectivity index (χ3v) is 3.13. The molecule has 0 amide bonds. The van der Waals surface area contributed by atoms with Gasteiger partial charge < -0.3 is 9.72 Å². The number of fused-ring (bicyclic) bond motifs is 1. The van der Waals surface area contributed by atoms with Gasteiger partial charge in [0, 0.05) is 6.07 Å². The minimum Gasteiger partial charge on any atom is -0.493 e. The van der Waals surface area contributed by atoms with Crippen molar-refractivity contribution in [3.63, 3.8) is 0 Å². The molecule has 9 heteroatoms. The average molecular weight is 329 g/mol. The molecule has 0 aliphatic rings. The van der Waals surface area contributed by atoms with Crippen LogP contribution in [0.25, 0.3) is 22.6 Å². The molecule has 0 aliphatic carbocycles. The van der Waals surface area contributed by atoms with Crippen LogP contribution in [0.5, 0.6) is 5.75 Å². The molecule has 0 saturated carbocycles. The van der Waals surface area contributed by atoms with Crippen molar-refractivity contribution in [2.24, 2.45) is 0 Å². The Kier molecular flexibility index (Phi) is 3.42. The van der Waals surface area contributed by atoms with Gasteiger partial charge >= 0.3 is 6.18 Å². The van der Waals surface area contributed by atoms with E-state index in [2.05, 4.69) is 19.7 Å². The van der Waals surface area contributed by atoms with Gasteiger partial charge in [0.25, 0.3) is 0 Å². The van der Waals surface area contributed by atoms with Gasteiger partial charge in [-0.25, -0.2) is 14.4 Å². The highest BCUT2D eigenvalue weighted by Gasteiger charge is 2.39. The molecule has 120 valence electrons. The van der Waals surface area contributed by atoms with E-state index in [0.717, 1.165) is 19.2 Å². The molecular weight excluding hydrogens is 321 g/mol. The molecule has 0 spiro atoms. The van der Waals surface area contributed by atoms with Gasteiger partial charge in [0.15, 0.2) is 17.4 Å². The van der Waals surface area contributed by atoms with Crippen LogP contribution in [0.3, 0.4) is 0 Å². The molecule has 0 unspecified atom stereocenters. The van der Waals surface area contributed by atoms with Gasteiger partial charge in [-0.2, -0.15) is 17.6 Å². The Balaban J connectivity index is 2.32. The van der Waals surface area contributed by atoms with Gasteiger partial charge in [-0.15, -0.1) is 0 Å². The number of ether oxygens (including phenoxy) is 1. The van der Waals surface area contributed by atoms with Gasteiger partial charge in [-0.3, -0.25) is 0 Å². The standard InChI is InChI=1S/C14H8F5N3O/c1-23-12-6(15)5-8-11(10(12)14(17,18)19)22-13(21-8)7-3-2-4-9(16)20-7/h2-5H,1H3,(H,21,22). The number of alkyl halides is 3. The summed E-state index contributed by atoms with van der Waals surface area (Å²) in [6.45, 7) is 0. The lowest BCUT2D eigenvalue weighted by Crippen LogP contribution is -2.10. The highest BCUT2D eigenvalue weighted by molar-refractivity contribution is 5.85. The Bertz CT molecular complexity index is 888. The number of hydrogen-bond acceptors (Lipinski definition) is 3. The van der Waals surface area contributed by atoms with Gasteiger partial charge in [-0.05, 0) is 12.1 Å². The summed E-state index contributed by atoms with van der Waals surface area (Å²) < 4.78 is 71.2. The Labute approximate surface area is 125 Å². The molecule has 0 radical (unpaired) electrons. The number of nitrogens with zero attached hydrogens (tertiary/aromatic N) is 2. The summed E-state index contributed by atoms with van der Waals surface area (Å²) >= 11 is 0. The van der Waals surface area contributed by atoms with Crippen LogP contribution in [0.1, 0.15) is 5.56 Å². The van der Waals surface area contributed by atoms with Gasteiger partial charge in [0.05, 0.1) is 12.6 Å². The molecule has 0 saturated heterocycles. The van der Waals surface area contributed by atoms with Crippen LogP contribution in [-0.4, -0.2) is 22.1 Å². The van der Waals surface area contributed by atoms with Crippen LogP contribution in [0.2, 0.25) is 0 Å². The van der Waals surface area contributed by atoms with E-state index in [1.165, 1.54) is 12.1 Å². The number of hydrogen-bond donors (Lipinski definition) is 1. The predicted octanol–water partition coefficient (Wildman–Crippen LogP) is 3.93. The molecule has 2 aromatic heterocycles. The molecule has 4 nitrogen and oxygen atoms in total. The van der Waals surface area contributed by atoms with E-state index in [1.54, 1.807) is 0 Å².